The molecular weight excluding hydrogens is 240 g/mol. The van der Waals surface area contributed by atoms with Gasteiger partial charge in [-0.25, -0.2) is 4.79 Å². The van der Waals surface area contributed by atoms with Crippen LogP contribution in [0, 0.1) is 17.8 Å². The number of aldehydes is 1. The maximum Gasteiger partial charge on any atom is 0.327 e. The second kappa shape index (κ2) is 9.54. The molecule has 1 fully saturated rings. The lowest BCUT2D eigenvalue weighted by molar-refractivity contribution is -0.131. The van der Waals surface area contributed by atoms with Crippen LogP contribution in [0.25, 0.3) is 0 Å². The van der Waals surface area contributed by atoms with Gasteiger partial charge in [-0.15, -0.1) is 0 Å². The van der Waals surface area contributed by atoms with Gasteiger partial charge in [0.1, 0.15) is 6.29 Å². The number of aliphatic carboxylic acids is 1. The summed E-state index contributed by atoms with van der Waals surface area (Å²) in [7, 11) is 0. The summed E-state index contributed by atoms with van der Waals surface area (Å²) in [4.78, 5) is 20.3. The molecule has 1 N–H and O–H groups in total. The van der Waals surface area contributed by atoms with E-state index in [1.165, 1.54) is 18.9 Å². The molecule has 108 valence electrons. The number of carbonyl (C=O) groups excluding carboxylic acids is 1. The van der Waals surface area contributed by atoms with Crippen molar-refractivity contribution >= 4 is 12.3 Å². The van der Waals surface area contributed by atoms with Crippen LogP contribution in [-0.4, -0.2) is 17.4 Å². The van der Waals surface area contributed by atoms with E-state index in [0.717, 1.165) is 24.7 Å². The molecule has 0 aromatic heterocycles. The van der Waals surface area contributed by atoms with E-state index in [0.29, 0.717) is 17.8 Å². The minimum absolute atomic E-state index is 0.366. The third-order valence-electron chi connectivity index (χ3n) is 3.69. The highest BCUT2D eigenvalue weighted by Gasteiger charge is 2.21. The van der Waals surface area contributed by atoms with Crippen molar-refractivity contribution in [1.29, 1.82) is 0 Å². The number of allylic oxidation sites excluding steroid dienone is 2. The molecule has 3 nitrogen and oxygen atoms in total. The Hall–Kier alpha value is -1.38. The Morgan fingerprint density at radius 2 is 2.11 bits per heavy atom. The maximum atomic E-state index is 10.2. The fraction of sp³-hybridized carbons (Fsp3) is 0.625. The molecule has 1 aliphatic rings. The first-order chi connectivity index (χ1) is 8.88. The van der Waals surface area contributed by atoms with Crippen molar-refractivity contribution in [2.24, 2.45) is 17.8 Å². The summed E-state index contributed by atoms with van der Waals surface area (Å²) in [5.41, 5.74) is 1.08. The van der Waals surface area contributed by atoms with Crippen molar-refractivity contribution in [2.75, 3.05) is 0 Å². The average molecular weight is 266 g/mol. The predicted molar refractivity (Wildman–Crippen MR) is 77.9 cm³/mol. The third kappa shape index (κ3) is 8.36. The molecule has 3 atom stereocenters. The summed E-state index contributed by atoms with van der Waals surface area (Å²) in [5.74, 6) is 0.520. The van der Waals surface area contributed by atoms with E-state index in [1.807, 2.05) is 13.8 Å². The average Bonchev–Trinajstić information content (AvgIpc) is 2.74. The Labute approximate surface area is 116 Å². The van der Waals surface area contributed by atoms with Gasteiger partial charge in [0.15, 0.2) is 0 Å². The SMILES string of the molecule is C=C(C)C(C)C/C=C\C(=O)O.C[C@H]1CCC[C@H]1C=O. The lowest BCUT2D eigenvalue weighted by Crippen LogP contribution is -2.03. The van der Waals surface area contributed by atoms with E-state index in [2.05, 4.69) is 13.5 Å². The first kappa shape index (κ1) is 17.6. The molecule has 1 unspecified atom stereocenters. The fourth-order valence-corrected chi connectivity index (χ4v) is 1.95. The third-order valence-corrected chi connectivity index (χ3v) is 3.69. The molecule has 0 amide bonds. The van der Waals surface area contributed by atoms with Crippen molar-refractivity contribution < 1.29 is 14.7 Å². The molecule has 0 aromatic rings. The quantitative estimate of drug-likeness (QED) is 0.467. The van der Waals surface area contributed by atoms with E-state index >= 15 is 0 Å². The molecule has 0 radical (unpaired) electrons. The minimum atomic E-state index is -0.890. The molecule has 19 heavy (non-hydrogen) atoms. The fourth-order valence-electron chi connectivity index (χ4n) is 1.95. The van der Waals surface area contributed by atoms with E-state index in [9.17, 15) is 9.59 Å². The molecule has 0 aromatic carbocycles. The predicted octanol–water partition coefficient (Wildman–Crippen LogP) is 3.85. The second-order valence-electron chi connectivity index (χ2n) is 5.43. The first-order valence-corrected chi connectivity index (χ1v) is 6.88. The first-order valence-electron chi connectivity index (χ1n) is 6.88. The monoisotopic (exact) mass is 266 g/mol. The summed E-state index contributed by atoms with van der Waals surface area (Å²) in [6.07, 6.45) is 8.32. The number of carboxylic acid groups (broad SMARTS) is 1. The van der Waals surface area contributed by atoms with Gasteiger partial charge >= 0.3 is 5.97 Å². The van der Waals surface area contributed by atoms with Gasteiger partial charge < -0.3 is 9.90 Å². The van der Waals surface area contributed by atoms with Crippen LogP contribution in [-0.2, 0) is 9.59 Å². The van der Waals surface area contributed by atoms with Crippen molar-refractivity contribution in [3.05, 3.63) is 24.3 Å². The van der Waals surface area contributed by atoms with Gasteiger partial charge in [0, 0.05) is 12.0 Å². The Balaban J connectivity index is 0.000000356. The van der Waals surface area contributed by atoms with E-state index in [1.54, 1.807) is 6.08 Å². The van der Waals surface area contributed by atoms with Gasteiger partial charge in [0.25, 0.3) is 0 Å². The topological polar surface area (TPSA) is 54.4 Å². The van der Waals surface area contributed by atoms with Gasteiger partial charge in [-0.1, -0.05) is 44.9 Å². The van der Waals surface area contributed by atoms with Gasteiger partial charge in [0.05, 0.1) is 0 Å². The Bertz CT molecular complexity index is 331. The van der Waals surface area contributed by atoms with Crippen LogP contribution < -0.4 is 0 Å². The standard InChI is InChI=1S/C9H14O2.C7H12O/c1-7(2)8(3)5-4-6-9(10)11;1-6-3-2-4-7(6)5-8/h4,6,8H,1,5H2,2-3H3,(H,10,11);5-7H,2-4H2,1H3/b6-4-;/t;6-,7-/m.0/s1. The molecule has 0 spiro atoms. The molecule has 0 saturated heterocycles. The van der Waals surface area contributed by atoms with Crippen LogP contribution in [0.4, 0.5) is 0 Å². The van der Waals surface area contributed by atoms with E-state index in [4.69, 9.17) is 5.11 Å². The number of carbonyl (C=O) groups is 2. The number of hydrogen-bond acceptors (Lipinski definition) is 2. The van der Waals surface area contributed by atoms with Gasteiger partial charge in [-0.3, -0.25) is 0 Å². The van der Waals surface area contributed by atoms with Crippen LogP contribution in [0.15, 0.2) is 24.3 Å². The van der Waals surface area contributed by atoms with Crippen molar-refractivity contribution in [2.45, 2.75) is 46.5 Å². The number of rotatable bonds is 5. The zero-order valence-corrected chi connectivity index (χ0v) is 12.3. The summed E-state index contributed by atoms with van der Waals surface area (Å²) in [6.45, 7) is 9.90. The van der Waals surface area contributed by atoms with E-state index in [-0.39, 0.29) is 0 Å². The zero-order chi connectivity index (χ0) is 14.8. The highest BCUT2D eigenvalue weighted by molar-refractivity contribution is 5.79. The van der Waals surface area contributed by atoms with E-state index < -0.39 is 5.97 Å². The van der Waals surface area contributed by atoms with Crippen LogP contribution in [0.2, 0.25) is 0 Å². The van der Waals surface area contributed by atoms with Crippen molar-refractivity contribution in [1.82, 2.24) is 0 Å². The summed E-state index contributed by atoms with van der Waals surface area (Å²) < 4.78 is 0. The molecule has 0 aliphatic heterocycles. The van der Waals surface area contributed by atoms with Gasteiger partial charge in [-0.05, 0) is 31.6 Å². The lowest BCUT2D eigenvalue weighted by Gasteiger charge is -2.05. The summed E-state index contributed by atoms with van der Waals surface area (Å²) in [6, 6.07) is 0. The highest BCUT2D eigenvalue weighted by Crippen LogP contribution is 2.28. The molecule has 1 aliphatic carbocycles. The van der Waals surface area contributed by atoms with Crippen LogP contribution in [0.3, 0.4) is 0 Å². The van der Waals surface area contributed by atoms with Crippen molar-refractivity contribution in [3.63, 3.8) is 0 Å². The minimum Gasteiger partial charge on any atom is -0.478 e. The Morgan fingerprint density at radius 3 is 2.42 bits per heavy atom. The number of hydrogen-bond donors (Lipinski definition) is 1. The normalized spacial score (nSPS) is 23.5. The molecule has 1 rings (SSSR count). The van der Waals surface area contributed by atoms with Gasteiger partial charge in [-0.2, -0.15) is 0 Å². The number of carboxylic acids is 1. The zero-order valence-electron chi connectivity index (χ0n) is 12.3. The molecule has 0 bridgehead atoms. The highest BCUT2D eigenvalue weighted by atomic mass is 16.4. The summed E-state index contributed by atoms with van der Waals surface area (Å²) >= 11 is 0. The lowest BCUT2D eigenvalue weighted by atomic mass is 10.0. The van der Waals surface area contributed by atoms with Crippen LogP contribution in [0.1, 0.15) is 46.5 Å². The largest absolute Gasteiger partial charge is 0.478 e. The van der Waals surface area contributed by atoms with Crippen molar-refractivity contribution in [3.8, 4) is 0 Å². The maximum absolute atomic E-state index is 10.2. The molecular formula is C16H26O3. The summed E-state index contributed by atoms with van der Waals surface area (Å²) in [5, 5.41) is 8.26. The molecule has 3 heteroatoms. The Morgan fingerprint density at radius 1 is 1.47 bits per heavy atom. The van der Waals surface area contributed by atoms with Gasteiger partial charge in [0.2, 0.25) is 0 Å². The second-order valence-corrected chi connectivity index (χ2v) is 5.43. The molecule has 0 heterocycles. The van der Waals surface area contributed by atoms with Crippen LogP contribution in [0.5, 0.6) is 0 Å². The Kier molecular flexibility index (Phi) is 8.84. The smallest absolute Gasteiger partial charge is 0.327 e. The molecule has 1 saturated carbocycles. The van der Waals surface area contributed by atoms with Crippen LogP contribution >= 0.6 is 0 Å².